The van der Waals surface area contributed by atoms with Crippen molar-refractivity contribution in [1.29, 1.82) is 0 Å². The fourth-order valence-corrected chi connectivity index (χ4v) is 7.14. The molecule has 1 aromatic heterocycles. The second-order valence-electron chi connectivity index (χ2n) is 10.3. The maximum Gasteiger partial charge on any atom is 0.298 e. The Labute approximate surface area is 172 Å². The molecule has 1 N–H and O–H groups in total. The molecule has 5 fully saturated rings. The summed E-state index contributed by atoms with van der Waals surface area (Å²) in [5.74, 6) is 3.41. The maximum atomic E-state index is 13.2. The van der Waals surface area contributed by atoms with Gasteiger partial charge in [0.1, 0.15) is 5.52 Å². The largest absolute Gasteiger partial charge is 0.423 e. The van der Waals surface area contributed by atoms with Gasteiger partial charge in [-0.2, -0.15) is 4.98 Å². The molecule has 1 amide bonds. The zero-order chi connectivity index (χ0) is 19.4. The lowest BCUT2D eigenvalue weighted by Crippen LogP contribution is -2.54. The average molecular weight is 394 g/mol. The summed E-state index contributed by atoms with van der Waals surface area (Å²) in [4.78, 5) is 20.1. The minimum atomic E-state index is -0.0202. The quantitative estimate of drug-likeness (QED) is 0.838. The number of hydrogen-bond acceptors (Lipinski definition) is 4. The van der Waals surface area contributed by atoms with Crippen LogP contribution in [0.1, 0.15) is 51.4 Å². The fraction of sp³-hybridized carbons (Fsp3) is 0.667. The number of para-hydroxylation sites is 2. The Hall–Kier alpha value is -2.04. The van der Waals surface area contributed by atoms with Crippen LogP contribution in [0.15, 0.2) is 28.7 Å². The Bertz CT molecular complexity index is 843. The molecule has 4 saturated carbocycles. The minimum Gasteiger partial charge on any atom is -0.423 e. The number of rotatable bonds is 4. The first kappa shape index (κ1) is 17.8. The van der Waals surface area contributed by atoms with E-state index in [-0.39, 0.29) is 5.41 Å². The summed E-state index contributed by atoms with van der Waals surface area (Å²) in [5.41, 5.74) is 1.76. The number of piperidine rings is 1. The van der Waals surface area contributed by atoms with Gasteiger partial charge in [0, 0.05) is 25.0 Å². The molecule has 0 spiro atoms. The summed E-state index contributed by atoms with van der Waals surface area (Å²) in [6.07, 6.45) is 9.80. The lowest BCUT2D eigenvalue weighted by Gasteiger charge is -2.55. The van der Waals surface area contributed by atoms with Crippen LogP contribution in [0.25, 0.3) is 11.1 Å². The molecule has 4 aliphatic carbocycles. The smallest absolute Gasteiger partial charge is 0.298 e. The normalized spacial score (nSPS) is 34.1. The number of hydrogen-bond donors (Lipinski definition) is 1. The second-order valence-corrected chi connectivity index (χ2v) is 10.3. The van der Waals surface area contributed by atoms with E-state index in [9.17, 15) is 4.79 Å². The summed E-state index contributed by atoms with van der Waals surface area (Å²) in [7, 11) is 0. The standard InChI is InChI=1S/C24H31N3O2/c28-22(24-12-17-9-18(13-24)11-19(10-17)14-24)25-15-16-5-7-27(8-6-16)23-26-20-3-1-2-4-21(20)29-23/h1-4,16-19H,5-15H2,(H,25,28). The van der Waals surface area contributed by atoms with Crippen LogP contribution in [0.5, 0.6) is 0 Å². The highest BCUT2D eigenvalue weighted by Gasteiger charge is 2.54. The van der Waals surface area contributed by atoms with Crippen molar-refractivity contribution in [3.8, 4) is 0 Å². The maximum absolute atomic E-state index is 13.2. The van der Waals surface area contributed by atoms with Gasteiger partial charge in [-0.1, -0.05) is 12.1 Å². The SMILES string of the molecule is O=C(NCC1CCN(c2nc3ccccc3o2)CC1)C12CC3CC(CC(C3)C1)C2. The van der Waals surface area contributed by atoms with E-state index >= 15 is 0 Å². The number of nitrogens with zero attached hydrogens (tertiary/aromatic N) is 2. The third-order valence-electron chi connectivity index (χ3n) is 8.24. The molecule has 5 heteroatoms. The van der Waals surface area contributed by atoms with E-state index in [1.807, 2.05) is 24.3 Å². The highest BCUT2D eigenvalue weighted by molar-refractivity contribution is 5.83. The predicted molar refractivity (Wildman–Crippen MR) is 113 cm³/mol. The van der Waals surface area contributed by atoms with Crippen LogP contribution in [0.4, 0.5) is 6.01 Å². The van der Waals surface area contributed by atoms with Gasteiger partial charge < -0.3 is 14.6 Å². The van der Waals surface area contributed by atoms with Crippen LogP contribution in [0.2, 0.25) is 0 Å². The molecule has 154 valence electrons. The number of carbonyl (C=O) groups excluding carboxylic acids is 1. The van der Waals surface area contributed by atoms with Crippen LogP contribution in [0.3, 0.4) is 0 Å². The van der Waals surface area contributed by atoms with E-state index < -0.39 is 0 Å². The number of oxazole rings is 1. The lowest BCUT2D eigenvalue weighted by atomic mass is 9.49. The molecule has 1 aromatic carbocycles. The van der Waals surface area contributed by atoms with Crippen molar-refractivity contribution in [2.45, 2.75) is 51.4 Å². The van der Waals surface area contributed by atoms with E-state index in [2.05, 4.69) is 15.2 Å². The van der Waals surface area contributed by atoms with Gasteiger partial charge in [-0.3, -0.25) is 4.79 Å². The minimum absolute atomic E-state index is 0.0202. The Morgan fingerprint density at radius 1 is 1.07 bits per heavy atom. The molecule has 5 nitrogen and oxygen atoms in total. The third kappa shape index (κ3) is 3.13. The van der Waals surface area contributed by atoms with Gasteiger partial charge in [0.2, 0.25) is 5.91 Å². The van der Waals surface area contributed by atoms with Crippen molar-refractivity contribution >= 4 is 23.0 Å². The van der Waals surface area contributed by atoms with E-state index in [1.165, 1.54) is 19.3 Å². The summed E-state index contributed by atoms with van der Waals surface area (Å²) >= 11 is 0. The number of amides is 1. The van der Waals surface area contributed by atoms with Gasteiger partial charge in [0.05, 0.1) is 0 Å². The van der Waals surface area contributed by atoms with Gasteiger partial charge >= 0.3 is 0 Å². The first-order valence-electron chi connectivity index (χ1n) is 11.6. The molecule has 1 aliphatic heterocycles. The van der Waals surface area contributed by atoms with Crippen molar-refractivity contribution in [3.63, 3.8) is 0 Å². The lowest BCUT2D eigenvalue weighted by molar-refractivity contribution is -0.146. The molecule has 2 heterocycles. The molecular weight excluding hydrogens is 362 g/mol. The summed E-state index contributed by atoms with van der Waals surface area (Å²) in [6.45, 7) is 2.73. The number of carbonyl (C=O) groups is 1. The molecule has 1 saturated heterocycles. The van der Waals surface area contributed by atoms with Crippen molar-refractivity contribution in [3.05, 3.63) is 24.3 Å². The van der Waals surface area contributed by atoms with E-state index in [4.69, 9.17) is 4.42 Å². The molecule has 4 bridgehead atoms. The first-order chi connectivity index (χ1) is 14.2. The number of aromatic nitrogens is 1. The summed E-state index contributed by atoms with van der Waals surface area (Å²) in [6, 6.07) is 8.68. The Morgan fingerprint density at radius 3 is 2.38 bits per heavy atom. The Morgan fingerprint density at radius 2 is 1.72 bits per heavy atom. The number of anilines is 1. The third-order valence-corrected chi connectivity index (χ3v) is 8.24. The van der Waals surface area contributed by atoms with Gasteiger partial charge in [0.15, 0.2) is 5.58 Å². The van der Waals surface area contributed by atoms with Crippen molar-refractivity contribution in [2.24, 2.45) is 29.1 Å². The predicted octanol–water partition coefficient (Wildman–Crippen LogP) is 4.38. The van der Waals surface area contributed by atoms with Crippen LogP contribution in [0, 0.1) is 29.1 Å². The highest BCUT2D eigenvalue weighted by Crippen LogP contribution is 2.60. The zero-order valence-corrected chi connectivity index (χ0v) is 17.1. The molecule has 2 aromatic rings. The van der Waals surface area contributed by atoms with E-state index in [0.29, 0.717) is 11.8 Å². The Balaban J connectivity index is 1.04. The van der Waals surface area contributed by atoms with Crippen molar-refractivity contribution in [1.82, 2.24) is 10.3 Å². The van der Waals surface area contributed by atoms with Gasteiger partial charge in [-0.05, 0) is 87.2 Å². The van der Waals surface area contributed by atoms with E-state index in [1.54, 1.807) is 0 Å². The molecular formula is C24H31N3O2. The monoisotopic (exact) mass is 393 g/mol. The average Bonchev–Trinajstić information content (AvgIpc) is 3.15. The highest BCUT2D eigenvalue weighted by atomic mass is 16.4. The number of fused-ring (bicyclic) bond motifs is 1. The van der Waals surface area contributed by atoms with E-state index in [0.717, 1.165) is 86.6 Å². The molecule has 0 unspecified atom stereocenters. The van der Waals surface area contributed by atoms with Crippen LogP contribution < -0.4 is 10.2 Å². The first-order valence-corrected chi connectivity index (χ1v) is 11.6. The second kappa shape index (κ2) is 6.75. The molecule has 5 aliphatic rings. The number of benzene rings is 1. The number of nitrogens with one attached hydrogen (secondary N) is 1. The molecule has 29 heavy (non-hydrogen) atoms. The topological polar surface area (TPSA) is 58.4 Å². The van der Waals surface area contributed by atoms with Gasteiger partial charge in [-0.15, -0.1) is 0 Å². The van der Waals surface area contributed by atoms with Crippen LogP contribution >= 0.6 is 0 Å². The Kier molecular flexibility index (Phi) is 4.14. The van der Waals surface area contributed by atoms with Crippen molar-refractivity contribution in [2.75, 3.05) is 24.5 Å². The van der Waals surface area contributed by atoms with Crippen LogP contribution in [-0.4, -0.2) is 30.5 Å². The van der Waals surface area contributed by atoms with Crippen molar-refractivity contribution < 1.29 is 9.21 Å². The van der Waals surface area contributed by atoms with Gasteiger partial charge in [-0.25, -0.2) is 0 Å². The fourth-order valence-electron chi connectivity index (χ4n) is 7.14. The zero-order valence-electron chi connectivity index (χ0n) is 17.1. The van der Waals surface area contributed by atoms with Gasteiger partial charge in [0.25, 0.3) is 6.01 Å². The summed E-state index contributed by atoms with van der Waals surface area (Å²) in [5, 5.41) is 3.39. The molecule has 7 rings (SSSR count). The molecule has 0 atom stereocenters. The summed E-state index contributed by atoms with van der Waals surface area (Å²) < 4.78 is 5.92. The van der Waals surface area contributed by atoms with Crippen LogP contribution in [-0.2, 0) is 4.79 Å². The molecule has 0 radical (unpaired) electrons.